The Balaban J connectivity index is 0.841. The van der Waals surface area contributed by atoms with Crippen LogP contribution in [-0.2, 0) is 15.1 Å². The van der Waals surface area contributed by atoms with Crippen molar-refractivity contribution in [3.63, 3.8) is 0 Å². The molecule has 0 aliphatic heterocycles. The number of carbonyl (C=O) groups excluding carboxylic acids is 1. The number of aliphatic hydroxyl groups is 1. The number of amides is 1. The molecular weight excluding hydrogens is 795 g/mol. The van der Waals surface area contributed by atoms with Crippen molar-refractivity contribution in [2.75, 3.05) is 27.4 Å². The van der Waals surface area contributed by atoms with Gasteiger partial charge in [-0.1, -0.05) is 133 Å². The standard InChI is InChI=1S/C57H81NO6/c1-40(2)15-14-16-41(3)51-30-31-52-50-29-24-45-39-49(32-35-55(45,4)53(50)33-36-56(51,52)5)64-54(60)58-37-13-9-12-19-46(59)34-38-63-57(42-17-10-8-11-18-42,43-20-25-47(61-6)26-21-43)44-22-27-48(62-7)28-23-44/h8,10-11,17-18,20-28,40-41,46,49-53,59H,9,12-16,19,29-39H2,1-7H3,(H,58,60)/t41?,46?,49-,50?,51?,52?,53?,55-,56+/m1/s1. The van der Waals surface area contributed by atoms with Gasteiger partial charge in [-0.15, -0.1) is 0 Å². The maximum atomic E-state index is 13.0. The lowest BCUT2D eigenvalue weighted by Gasteiger charge is -2.58. The lowest BCUT2D eigenvalue weighted by molar-refractivity contribution is -0.0581. The van der Waals surface area contributed by atoms with Gasteiger partial charge < -0.3 is 29.4 Å². The van der Waals surface area contributed by atoms with Crippen LogP contribution in [0.2, 0.25) is 0 Å². The van der Waals surface area contributed by atoms with Crippen molar-refractivity contribution < 1.29 is 28.8 Å². The number of benzene rings is 3. The molecule has 7 nitrogen and oxygen atoms in total. The first-order valence-corrected chi connectivity index (χ1v) is 25.2. The van der Waals surface area contributed by atoms with Crippen LogP contribution in [0.15, 0.2) is 90.5 Å². The van der Waals surface area contributed by atoms with Crippen molar-refractivity contribution in [1.82, 2.24) is 5.32 Å². The fourth-order valence-corrected chi connectivity index (χ4v) is 13.4. The average Bonchev–Trinajstić information content (AvgIpc) is 3.67. The van der Waals surface area contributed by atoms with Gasteiger partial charge in [0.2, 0.25) is 0 Å². The fourth-order valence-electron chi connectivity index (χ4n) is 13.4. The molecule has 7 heteroatoms. The van der Waals surface area contributed by atoms with Crippen molar-refractivity contribution in [3.05, 3.63) is 107 Å². The van der Waals surface area contributed by atoms with Gasteiger partial charge in [0.15, 0.2) is 0 Å². The molecule has 3 saturated carbocycles. The summed E-state index contributed by atoms with van der Waals surface area (Å²) < 4.78 is 24.0. The van der Waals surface area contributed by atoms with E-state index >= 15 is 0 Å². The minimum Gasteiger partial charge on any atom is -0.497 e. The van der Waals surface area contributed by atoms with Crippen LogP contribution >= 0.6 is 0 Å². The summed E-state index contributed by atoms with van der Waals surface area (Å²) in [6, 6.07) is 26.3. The molecule has 9 atom stereocenters. The number of fused-ring (bicyclic) bond motifs is 5. The number of hydrogen-bond donors (Lipinski definition) is 2. The molecule has 6 unspecified atom stereocenters. The largest absolute Gasteiger partial charge is 0.497 e. The number of aliphatic hydroxyl groups excluding tert-OH is 1. The highest BCUT2D eigenvalue weighted by molar-refractivity contribution is 5.67. The highest BCUT2D eigenvalue weighted by atomic mass is 16.6. The lowest BCUT2D eigenvalue weighted by atomic mass is 9.47. The van der Waals surface area contributed by atoms with Gasteiger partial charge in [-0.3, -0.25) is 0 Å². The molecule has 0 aromatic heterocycles. The molecule has 3 fully saturated rings. The number of nitrogens with one attached hydrogen (secondary N) is 1. The van der Waals surface area contributed by atoms with E-state index in [9.17, 15) is 9.90 Å². The Bertz CT molecular complexity index is 1900. The highest BCUT2D eigenvalue weighted by Gasteiger charge is 2.59. The van der Waals surface area contributed by atoms with Crippen LogP contribution in [-0.4, -0.2) is 50.8 Å². The Kier molecular flexibility index (Phi) is 16.3. The predicted octanol–water partition coefficient (Wildman–Crippen LogP) is 13.5. The second kappa shape index (κ2) is 21.7. The van der Waals surface area contributed by atoms with Crippen LogP contribution in [0.1, 0.15) is 154 Å². The Labute approximate surface area is 386 Å². The quantitative estimate of drug-likeness (QED) is 0.0630. The van der Waals surface area contributed by atoms with E-state index in [4.69, 9.17) is 18.9 Å². The molecule has 0 spiro atoms. The maximum Gasteiger partial charge on any atom is 0.407 e. The number of allylic oxidation sites excluding steroid dienone is 1. The third-order valence-corrected chi connectivity index (χ3v) is 17.0. The third kappa shape index (κ3) is 10.6. The number of alkyl carbamates (subject to hydrolysis) is 1. The molecule has 1 amide bonds. The SMILES string of the molecule is COc1ccc(C(OCCC(O)CCCCCNC(=O)O[C@@H]2CC[C@]3(C)C(=CCC4C5CCC(C(C)CCCC(C)C)[C@]5(C)CCC43)C2)(c2ccccc2)c2ccc(OC)cc2)cc1. The maximum absolute atomic E-state index is 13.0. The molecular formula is C57H81NO6. The second-order valence-electron chi connectivity index (χ2n) is 21.1. The van der Waals surface area contributed by atoms with Gasteiger partial charge in [0, 0.05) is 13.0 Å². The van der Waals surface area contributed by atoms with Crippen LogP contribution < -0.4 is 14.8 Å². The first-order chi connectivity index (χ1) is 30.9. The number of ether oxygens (including phenoxy) is 4. The zero-order valence-corrected chi connectivity index (χ0v) is 40.4. The van der Waals surface area contributed by atoms with Gasteiger partial charge >= 0.3 is 6.09 Å². The summed E-state index contributed by atoms with van der Waals surface area (Å²) in [4.78, 5) is 13.0. The number of rotatable bonds is 21. The molecule has 2 N–H and O–H groups in total. The number of carbonyl (C=O) groups is 1. The molecule has 64 heavy (non-hydrogen) atoms. The van der Waals surface area contributed by atoms with Crippen LogP contribution in [0.3, 0.4) is 0 Å². The molecule has 3 aromatic rings. The van der Waals surface area contributed by atoms with Crippen LogP contribution in [0.4, 0.5) is 4.79 Å². The Hall–Kier alpha value is -3.81. The average molecular weight is 876 g/mol. The zero-order valence-electron chi connectivity index (χ0n) is 40.4. The summed E-state index contributed by atoms with van der Waals surface area (Å²) in [5.41, 5.74) is 4.34. The summed E-state index contributed by atoms with van der Waals surface area (Å²) in [5, 5.41) is 14.1. The van der Waals surface area contributed by atoms with Gasteiger partial charge in [-0.05, 0) is 152 Å². The molecule has 0 saturated heterocycles. The summed E-state index contributed by atoms with van der Waals surface area (Å²) in [5.74, 6) is 6.51. The van der Waals surface area contributed by atoms with Crippen LogP contribution in [0.5, 0.6) is 11.5 Å². The molecule has 4 aliphatic carbocycles. The molecule has 0 radical (unpaired) electrons. The molecule has 7 rings (SSSR count). The molecule has 3 aromatic carbocycles. The predicted molar refractivity (Wildman–Crippen MR) is 259 cm³/mol. The van der Waals surface area contributed by atoms with E-state index in [0.29, 0.717) is 31.4 Å². The van der Waals surface area contributed by atoms with Crippen LogP contribution in [0, 0.1) is 46.3 Å². The Morgan fingerprint density at radius 1 is 0.750 bits per heavy atom. The molecule has 350 valence electrons. The summed E-state index contributed by atoms with van der Waals surface area (Å²) in [6.07, 6.45) is 19.5. The Morgan fingerprint density at radius 3 is 2.08 bits per heavy atom. The van der Waals surface area contributed by atoms with E-state index in [1.165, 1.54) is 51.4 Å². The fraction of sp³-hybridized carbons (Fsp3) is 0.632. The Morgan fingerprint density at radius 2 is 1.42 bits per heavy atom. The minimum atomic E-state index is -0.906. The van der Waals surface area contributed by atoms with E-state index in [2.05, 4.69) is 58.1 Å². The van der Waals surface area contributed by atoms with E-state index in [1.807, 2.05) is 66.7 Å². The summed E-state index contributed by atoms with van der Waals surface area (Å²) in [6.45, 7) is 13.5. The van der Waals surface area contributed by atoms with Gasteiger partial charge in [-0.25, -0.2) is 4.79 Å². The summed E-state index contributed by atoms with van der Waals surface area (Å²) in [7, 11) is 3.34. The number of unbranched alkanes of at least 4 members (excludes halogenated alkanes) is 2. The topological polar surface area (TPSA) is 86.2 Å². The second-order valence-corrected chi connectivity index (χ2v) is 21.1. The number of methoxy groups -OCH3 is 2. The molecule has 0 heterocycles. The molecule has 4 aliphatic rings. The number of hydrogen-bond acceptors (Lipinski definition) is 6. The molecule has 0 bridgehead atoms. The van der Waals surface area contributed by atoms with Crippen molar-refractivity contribution >= 4 is 6.09 Å². The summed E-state index contributed by atoms with van der Waals surface area (Å²) >= 11 is 0. The highest BCUT2D eigenvalue weighted by Crippen LogP contribution is 2.67. The zero-order chi connectivity index (χ0) is 45.3. The van der Waals surface area contributed by atoms with E-state index in [1.54, 1.807) is 19.8 Å². The van der Waals surface area contributed by atoms with Crippen molar-refractivity contribution in [2.24, 2.45) is 46.3 Å². The van der Waals surface area contributed by atoms with Gasteiger partial charge in [-0.2, -0.15) is 0 Å². The minimum absolute atomic E-state index is 0.0419. The van der Waals surface area contributed by atoms with Gasteiger partial charge in [0.25, 0.3) is 0 Å². The van der Waals surface area contributed by atoms with E-state index < -0.39 is 11.7 Å². The van der Waals surface area contributed by atoms with E-state index in [0.717, 1.165) is 102 Å². The normalized spacial score (nSPS) is 27.4. The lowest BCUT2D eigenvalue weighted by Crippen LogP contribution is -2.51. The van der Waals surface area contributed by atoms with E-state index in [-0.39, 0.29) is 17.6 Å². The van der Waals surface area contributed by atoms with Crippen LogP contribution in [0.25, 0.3) is 0 Å². The van der Waals surface area contributed by atoms with Crippen molar-refractivity contribution in [3.8, 4) is 11.5 Å². The first-order valence-electron chi connectivity index (χ1n) is 25.2. The third-order valence-electron chi connectivity index (χ3n) is 17.0. The van der Waals surface area contributed by atoms with Crippen molar-refractivity contribution in [2.45, 2.75) is 155 Å². The monoisotopic (exact) mass is 876 g/mol. The van der Waals surface area contributed by atoms with Gasteiger partial charge in [0.1, 0.15) is 23.2 Å². The smallest absolute Gasteiger partial charge is 0.407 e. The first kappa shape index (κ1) is 48.1. The van der Waals surface area contributed by atoms with Gasteiger partial charge in [0.05, 0.1) is 26.9 Å². The van der Waals surface area contributed by atoms with Crippen molar-refractivity contribution in [1.29, 1.82) is 0 Å².